The van der Waals surface area contributed by atoms with Crippen molar-refractivity contribution < 1.29 is 4.74 Å². The monoisotopic (exact) mass is 221 g/mol. The normalized spacial score (nSPS) is 51.9. The molecule has 2 nitrogen and oxygen atoms in total. The van der Waals surface area contributed by atoms with Gasteiger partial charge in [0.15, 0.2) is 0 Å². The number of hydrogen-bond acceptors (Lipinski definition) is 2. The van der Waals surface area contributed by atoms with Gasteiger partial charge in [0.25, 0.3) is 0 Å². The van der Waals surface area contributed by atoms with Gasteiger partial charge in [0.1, 0.15) is 0 Å². The van der Waals surface area contributed by atoms with Crippen molar-refractivity contribution in [2.24, 2.45) is 23.2 Å². The van der Waals surface area contributed by atoms with Gasteiger partial charge < -0.3 is 10.1 Å². The summed E-state index contributed by atoms with van der Waals surface area (Å²) in [6, 6.07) is 0.807. The smallest absolute Gasteiger partial charge is 0.0690 e. The van der Waals surface area contributed by atoms with Crippen LogP contribution in [0.5, 0.6) is 0 Å². The Labute approximate surface area is 98.1 Å². The van der Waals surface area contributed by atoms with Crippen LogP contribution in [0.4, 0.5) is 0 Å². The van der Waals surface area contributed by atoms with Crippen LogP contribution in [0, 0.1) is 23.2 Å². The molecule has 0 amide bonds. The van der Waals surface area contributed by atoms with Crippen LogP contribution < -0.4 is 5.32 Å². The summed E-state index contributed by atoms with van der Waals surface area (Å²) >= 11 is 0. The molecule has 4 fully saturated rings. The fourth-order valence-corrected chi connectivity index (χ4v) is 4.52. The molecule has 4 rings (SSSR count). The highest BCUT2D eigenvalue weighted by molar-refractivity contribution is 5.18. The Balaban J connectivity index is 1.41. The van der Waals surface area contributed by atoms with Crippen LogP contribution in [-0.4, -0.2) is 25.3 Å². The van der Waals surface area contributed by atoms with E-state index >= 15 is 0 Å². The number of hydrogen-bond donors (Lipinski definition) is 1. The standard InChI is InChI=1S/C14H23NO/c1-9-7-10(9)8-15-12-11-3-6-16-13(11)14(12)4-2-5-14/h9-13,15H,2-8H2,1H3. The molecule has 1 N–H and O–H groups in total. The third-order valence-corrected chi connectivity index (χ3v) is 5.91. The molecule has 90 valence electrons. The lowest BCUT2D eigenvalue weighted by molar-refractivity contribution is -0.176. The molecule has 5 unspecified atom stereocenters. The topological polar surface area (TPSA) is 21.3 Å². The second-order valence-electron chi connectivity index (χ2n) is 6.69. The molecule has 16 heavy (non-hydrogen) atoms. The lowest BCUT2D eigenvalue weighted by atomic mass is 9.46. The first-order chi connectivity index (χ1) is 7.81. The van der Waals surface area contributed by atoms with Gasteiger partial charge in [0, 0.05) is 24.0 Å². The maximum Gasteiger partial charge on any atom is 0.0690 e. The minimum Gasteiger partial charge on any atom is -0.377 e. The molecule has 1 aliphatic heterocycles. The highest BCUT2D eigenvalue weighted by atomic mass is 16.5. The van der Waals surface area contributed by atoms with Gasteiger partial charge in [-0.15, -0.1) is 0 Å². The summed E-state index contributed by atoms with van der Waals surface area (Å²) in [6.07, 6.45) is 7.68. The molecule has 3 aliphatic carbocycles. The summed E-state index contributed by atoms with van der Waals surface area (Å²) in [4.78, 5) is 0. The van der Waals surface area contributed by atoms with Crippen LogP contribution in [-0.2, 0) is 4.74 Å². The number of nitrogens with one attached hydrogen (secondary N) is 1. The lowest BCUT2D eigenvalue weighted by Crippen LogP contribution is -2.71. The van der Waals surface area contributed by atoms with Gasteiger partial charge in [-0.3, -0.25) is 0 Å². The average Bonchev–Trinajstić information content (AvgIpc) is 2.71. The average molecular weight is 221 g/mol. The zero-order valence-electron chi connectivity index (χ0n) is 10.2. The minimum absolute atomic E-state index is 0.583. The van der Waals surface area contributed by atoms with E-state index in [1.54, 1.807) is 0 Å². The lowest BCUT2D eigenvalue weighted by Gasteiger charge is -2.63. The quantitative estimate of drug-likeness (QED) is 0.789. The van der Waals surface area contributed by atoms with Crippen molar-refractivity contribution in [1.82, 2.24) is 5.32 Å². The van der Waals surface area contributed by atoms with Crippen LogP contribution in [0.25, 0.3) is 0 Å². The minimum atomic E-state index is 0.583. The molecule has 1 saturated heterocycles. The Morgan fingerprint density at radius 2 is 2.19 bits per heavy atom. The first kappa shape index (κ1) is 9.90. The van der Waals surface area contributed by atoms with Crippen molar-refractivity contribution >= 4 is 0 Å². The first-order valence-corrected chi connectivity index (χ1v) is 7.16. The second kappa shape index (κ2) is 3.23. The summed E-state index contributed by atoms with van der Waals surface area (Å²) in [5.74, 6) is 2.83. The predicted molar refractivity (Wildman–Crippen MR) is 63.2 cm³/mol. The summed E-state index contributed by atoms with van der Waals surface area (Å²) < 4.78 is 5.94. The Bertz CT molecular complexity index is 299. The molecule has 4 aliphatic rings. The molecule has 0 aromatic rings. The van der Waals surface area contributed by atoms with E-state index in [2.05, 4.69) is 12.2 Å². The van der Waals surface area contributed by atoms with E-state index in [9.17, 15) is 0 Å². The van der Waals surface area contributed by atoms with Gasteiger partial charge in [0.05, 0.1) is 6.10 Å². The second-order valence-corrected chi connectivity index (χ2v) is 6.69. The number of rotatable bonds is 3. The fraction of sp³-hybridized carbons (Fsp3) is 1.00. The predicted octanol–water partition coefficient (Wildman–Crippen LogP) is 2.19. The molecular formula is C14H23NO. The van der Waals surface area contributed by atoms with Crippen LogP contribution in [0.2, 0.25) is 0 Å². The molecule has 0 bridgehead atoms. The van der Waals surface area contributed by atoms with Crippen molar-refractivity contribution in [3.8, 4) is 0 Å². The van der Waals surface area contributed by atoms with Crippen molar-refractivity contribution in [1.29, 1.82) is 0 Å². The van der Waals surface area contributed by atoms with E-state index in [4.69, 9.17) is 4.74 Å². The largest absolute Gasteiger partial charge is 0.377 e. The Kier molecular flexibility index (Phi) is 2.00. The number of fused-ring (bicyclic) bond motifs is 2. The maximum atomic E-state index is 5.94. The van der Waals surface area contributed by atoms with Crippen LogP contribution in [0.3, 0.4) is 0 Å². The summed E-state index contributed by atoms with van der Waals surface area (Å²) in [5.41, 5.74) is 0.583. The van der Waals surface area contributed by atoms with Crippen molar-refractivity contribution in [2.75, 3.05) is 13.2 Å². The molecule has 2 heteroatoms. The van der Waals surface area contributed by atoms with Gasteiger partial charge in [-0.2, -0.15) is 0 Å². The maximum absolute atomic E-state index is 5.94. The summed E-state index contributed by atoms with van der Waals surface area (Å²) in [5, 5.41) is 3.90. The third-order valence-electron chi connectivity index (χ3n) is 5.91. The van der Waals surface area contributed by atoms with Gasteiger partial charge in [-0.05, 0) is 44.1 Å². The Morgan fingerprint density at radius 3 is 2.81 bits per heavy atom. The Morgan fingerprint density at radius 1 is 1.38 bits per heavy atom. The fourth-order valence-electron chi connectivity index (χ4n) is 4.52. The van der Waals surface area contributed by atoms with Gasteiger partial charge in [-0.1, -0.05) is 13.3 Å². The van der Waals surface area contributed by atoms with E-state index in [-0.39, 0.29) is 0 Å². The summed E-state index contributed by atoms with van der Waals surface area (Å²) in [6.45, 7) is 4.68. The molecule has 3 saturated carbocycles. The van der Waals surface area contributed by atoms with Gasteiger partial charge in [-0.25, -0.2) is 0 Å². The van der Waals surface area contributed by atoms with E-state index in [1.807, 2.05) is 0 Å². The van der Waals surface area contributed by atoms with E-state index in [0.29, 0.717) is 11.5 Å². The van der Waals surface area contributed by atoms with Crippen LogP contribution >= 0.6 is 0 Å². The van der Waals surface area contributed by atoms with Crippen molar-refractivity contribution in [3.63, 3.8) is 0 Å². The molecule has 5 atom stereocenters. The zero-order valence-corrected chi connectivity index (χ0v) is 10.2. The number of ether oxygens (including phenoxy) is 1. The van der Waals surface area contributed by atoms with Crippen molar-refractivity contribution in [3.05, 3.63) is 0 Å². The SMILES string of the molecule is CC1CC1CNC1C2CCOC2C12CCC2. The molecule has 0 aromatic heterocycles. The molecule has 0 aromatic carbocycles. The molecule has 0 radical (unpaired) electrons. The zero-order chi connectivity index (χ0) is 10.8. The van der Waals surface area contributed by atoms with Crippen LogP contribution in [0.15, 0.2) is 0 Å². The highest BCUT2D eigenvalue weighted by Gasteiger charge is 2.66. The molecular weight excluding hydrogens is 198 g/mol. The van der Waals surface area contributed by atoms with E-state index in [0.717, 1.165) is 30.4 Å². The first-order valence-electron chi connectivity index (χ1n) is 7.16. The third kappa shape index (κ3) is 1.15. The molecule has 1 spiro atoms. The van der Waals surface area contributed by atoms with E-state index in [1.165, 1.54) is 38.6 Å². The van der Waals surface area contributed by atoms with Crippen molar-refractivity contribution in [2.45, 2.75) is 51.2 Å². The van der Waals surface area contributed by atoms with Crippen LogP contribution in [0.1, 0.15) is 39.0 Å². The highest BCUT2D eigenvalue weighted by Crippen LogP contribution is 2.62. The van der Waals surface area contributed by atoms with E-state index < -0.39 is 0 Å². The Hall–Kier alpha value is -0.0800. The van der Waals surface area contributed by atoms with Gasteiger partial charge >= 0.3 is 0 Å². The summed E-state index contributed by atoms with van der Waals surface area (Å²) in [7, 11) is 0. The van der Waals surface area contributed by atoms with Gasteiger partial charge in [0.2, 0.25) is 0 Å². The molecule has 1 heterocycles.